The number of amides is 4. The highest BCUT2D eigenvalue weighted by Gasteiger charge is 2.57. The second-order valence-electron chi connectivity index (χ2n) is 8.48. The Kier molecular flexibility index (Phi) is 5.33. The van der Waals surface area contributed by atoms with Crippen LogP contribution in [-0.2, 0) is 9.59 Å². The summed E-state index contributed by atoms with van der Waals surface area (Å²) in [5, 5.41) is 12.2. The van der Waals surface area contributed by atoms with Gasteiger partial charge in [0.2, 0.25) is 11.8 Å². The van der Waals surface area contributed by atoms with Crippen molar-refractivity contribution in [1.82, 2.24) is 30.8 Å². The van der Waals surface area contributed by atoms with E-state index in [1.54, 1.807) is 53.8 Å². The number of anilines is 1. The van der Waals surface area contributed by atoms with Crippen LogP contribution in [0.2, 0.25) is 0 Å². The van der Waals surface area contributed by atoms with Crippen molar-refractivity contribution in [2.75, 3.05) is 11.4 Å². The molecule has 4 amide bonds. The summed E-state index contributed by atoms with van der Waals surface area (Å²) in [4.78, 5) is 47.3. The number of oxazole rings is 1. The molecular weight excluding hydrogens is 478 g/mol. The average Bonchev–Trinajstić information content (AvgIpc) is 3.58. The van der Waals surface area contributed by atoms with Crippen LogP contribution in [0.25, 0.3) is 22.8 Å². The normalized spacial score (nSPS) is 16.5. The van der Waals surface area contributed by atoms with Gasteiger partial charge in [0.25, 0.3) is 11.8 Å². The van der Waals surface area contributed by atoms with Crippen LogP contribution in [0.5, 0.6) is 11.6 Å². The number of carbonyl (C=O) groups excluding carboxylic acids is 3. The fraction of sp³-hybridized carbons (Fsp3) is 0.160. The lowest BCUT2D eigenvalue weighted by Crippen LogP contribution is -2.71. The first-order valence-corrected chi connectivity index (χ1v) is 11.5. The van der Waals surface area contributed by atoms with Gasteiger partial charge in [-0.15, -0.1) is 5.10 Å². The number of urea groups is 1. The second-order valence-corrected chi connectivity index (χ2v) is 8.48. The third-order valence-corrected chi connectivity index (χ3v) is 6.29. The van der Waals surface area contributed by atoms with Crippen molar-refractivity contribution in [3.05, 3.63) is 67.2 Å². The summed E-state index contributed by atoms with van der Waals surface area (Å²) < 4.78 is 11.4. The molecule has 0 atom stereocenters. The van der Waals surface area contributed by atoms with E-state index < -0.39 is 23.4 Å². The van der Waals surface area contributed by atoms with Crippen molar-refractivity contribution in [3.8, 4) is 34.5 Å². The third kappa shape index (κ3) is 3.93. The van der Waals surface area contributed by atoms with Crippen molar-refractivity contribution < 1.29 is 23.5 Å². The third-order valence-electron chi connectivity index (χ3n) is 6.29. The van der Waals surface area contributed by atoms with Gasteiger partial charge in [-0.2, -0.15) is 5.10 Å². The quantitative estimate of drug-likeness (QED) is 0.394. The average molecular weight is 497 g/mol. The monoisotopic (exact) mass is 497 g/mol. The minimum absolute atomic E-state index is 0.300. The molecule has 3 aromatic heterocycles. The summed E-state index contributed by atoms with van der Waals surface area (Å²) in [7, 11) is 0. The fourth-order valence-electron chi connectivity index (χ4n) is 4.53. The van der Waals surface area contributed by atoms with E-state index in [2.05, 4.69) is 30.8 Å². The molecule has 2 aliphatic rings. The van der Waals surface area contributed by atoms with Crippen molar-refractivity contribution in [3.63, 3.8) is 0 Å². The first-order chi connectivity index (χ1) is 18.0. The smallest absolute Gasteiger partial charge is 0.328 e. The van der Waals surface area contributed by atoms with E-state index in [9.17, 15) is 14.4 Å². The van der Waals surface area contributed by atoms with Crippen LogP contribution in [-0.4, -0.2) is 50.1 Å². The minimum Gasteiger partial charge on any atom is -0.443 e. The first-order valence-electron chi connectivity index (χ1n) is 11.5. The van der Waals surface area contributed by atoms with E-state index in [-0.39, 0.29) is 0 Å². The van der Waals surface area contributed by atoms with Gasteiger partial charge in [-0.3, -0.25) is 20.2 Å². The van der Waals surface area contributed by atoms with E-state index in [1.165, 1.54) is 6.20 Å². The van der Waals surface area contributed by atoms with Crippen molar-refractivity contribution in [2.24, 2.45) is 0 Å². The molecule has 0 unspecified atom stereocenters. The number of hydrogen-bond donors (Lipinski definition) is 2. The molecule has 5 heterocycles. The molecule has 2 N–H and O–H groups in total. The number of benzene rings is 1. The lowest BCUT2D eigenvalue weighted by Gasteiger charge is -2.38. The SMILES string of the molecule is O=C1NC(=O)C2(CCCN2c2ccc(Oc3ccc(-c4coc(-c5cccnn5)n4)cc3)nc2)C(=O)N1. The number of carbonyl (C=O) groups is 3. The Hall–Kier alpha value is -5.13. The van der Waals surface area contributed by atoms with Crippen LogP contribution >= 0.6 is 0 Å². The van der Waals surface area contributed by atoms with Gasteiger partial charge in [0.05, 0.1) is 11.9 Å². The maximum Gasteiger partial charge on any atom is 0.328 e. The van der Waals surface area contributed by atoms with Crippen LogP contribution in [0, 0.1) is 0 Å². The largest absolute Gasteiger partial charge is 0.443 e. The maximum absolute atomic E-state index is 12.6. The summed E-state index contributed by atoms with van der Waals surface area (Å²) in [5.41, 5.74) is 1.12. The molecule has 1 aromatic carbocycles. The number of hydrogen-bond acceptors (Lipinski definition) is 10. The van der Waals surface area contributed by atoms with Gasteiger partial charge in [0.1, 0.15) is 23.4 Å². The molecule has 12 nitrogen and oxygen atoms in total. The highest BCUT2D eigenvalue weighted by molar-refractivity contribution is 6.24. The number of pyridine rings is 1. The zero-order valence-corrected chi connectivity index (χ0v) is 19.2. The van der Waals surface area contributed by atoms with E-state index in [4.69, 9.17) is 9.15 Å². The molecule has 0 aliphatic carbocycles. The van der Waals surface area contributed by atoms with Crippen molar-refractivity contribution >= 4 is 23.5 Å². The Morgan fingerprint density at radius 3 is 2.49 bits per heavy atom. The molecule has 0 saturated carbocycles. The molecule has 1 spiro atoms. The second kappa shape index (κ2) is 8.82. The molecule has 2 aliphatic heterocycles. The van der Waals surface area contributed by atoms with Crippen LogP contribution in [0.3, 0.4) is 0 Å². The van der Waals surface area contributed by atoms with Gasteiger partial charge in [0.15, 0.2) is 5.54 Å². The summed E-state index contributed by atoms with van der Waals surface area (Å²) >= 11 is 0. The zero-order valence-electron chi connectivity index (χ0n) is 19.2. The Morgan fingerprint density at radius 1 is 0.973 bits per heavy atom. The number of rotatable bonds is 5. The molecule has 6 rings (SSSR count). The van der Waals surface area contributed by atoms with Gasteiger partial charge in [-0.25, -0.2) is 14.8 Å². The van der Waals surface area contributed by atoms with Gasteiger partial charge in [-0.1, -0.05) is 0 Å². The van der Waals surface area contributed by atoms with E-state index >= 15 is 0 Å². The molecule has 0 radical (unpaired) electrons. The molecular formula is C25H19N7O5. The topological polar surface area (TPSA) is 152 Å². The standard InChI is InChI=1S/C25H19N7O5/c33-22-25(23(34)30-24(35)29-22)10-2-12-32(25)16-6-9-20(26-13-16)37-17-7-4-15(5-8-17)19-14-36-21(28-19)18-3-1-11-27-31-18/h1,3-9,11,13-14H,2,10,12H2,(H2,29,30,33,34,35). The number of nitrogens with zero attached hydrogens (tertiary/aromatic N) is 5. The van der Waals surface area contributed by atoms with Crippen LogP contribution in [0.4, 0.5) is 10.5 Å². The fourth-order valence-corrected chi connectivity index (χ4v) is 4.53. The van der Waals surface area contributed by atoms with Gasteiger partial charge in [0, 0.05) is 24.4 Å². The Morgan fingerprint density at radius 2 is 1.78 bits per heavy atom. The van der Waals surface area contributed by atoms with E-state index in [1.807, 2.05) is 12.1 Å². The number of barbiturate groups is 1. The van der Waals surface area contributed by atoms with Crippen LogP contribution in [0.1, 0.15) is 12.8 Å². The predicted octanol–water partition coefficient (Wildman–Crippen LogP) is 2.69. The molecule has 12 heteroatoms. The molecule has 2 saturated heterocycles. The summed E-state index contributed by atoms with van der Waals surface area (Å²) in [6.45, 7) is 0.471. The zero-order chi connectivity index (χ0) is 25.4. The number of imide groups is 2. The molecule has 2 fully saturated rings. The van der Waals surface area contributed by atoms with Gasteiger partial charge in [-0.05, 0) is 55.3 Å². The lowest BCUT2D eigenvalue weighted by atomic mass is 9.92. The van der Waals surface area contributed by atoms with E-state index in [0.717, 1.165) is 5.56 Å². The van der Waals surface area contributed by atoms with Crippen LogP contribution in [0.15, 0.2) is 71.6 Å². The van der Waals surface area contributed by atoms with E-state index in [0.29, 0.717) is 54.0 Å². The number of aromatic nitrogens is 4. The molecule has 4 aromatic rings. The summed E-state index contributed by atoms with van der Waals surface area (Å²) in [5.74, 6) is 0.0140. The molecule has 37 heavy (non-hydrogen) atoms. The summed E-state index contributed by atoms with van der Waals surface area (Å²) in [6, 6.07) is 13.3. The lowest BCUT2D eigenvalue weighted by molar-refractivity contribution is -0.137. The molecule has 184 valence electrons. The highest BCUT2D eigenvalue weighted by Crippen LogP contribution is 2.36. The maximum atomic E-state index is 12.6. The van der Waals surface area contributed by atoms with Gasteiger partial charge >= 0.3 is 6.03 Å². The Labute approximate surface area is 209 Å². The predicted molar refractivity (Wildman–Crippen MR) is 128 cm³/mol. The Balaban J connectivity index is 1.16. The Bertz CT molecular complexity index is 1470. The molecule has 0 bridgehead atoms. The highest BCUT2D eigenvalue weighted by atomic mass is 16.5. The number of nitrogens with one attached hydrogen (secondary N) is 2. The first kappa shape index (κ1) is 22.3. The number of ether oxygens (including phenoxy) is 1. The van der Waals surface area contributed by atoms with Crippen molar-refractivity contribution in [1.29, 1.82) is 0 Å². The minimum atomic E-state index is -1.47. The van der Waals surface area contributed by atoms with Gasteiger partial charge < -0.3 is 14.1 Å². The van der Waals surface area contributed by atoms with Crippen molar-refractivity contribution in [2.45, 2.75) is 18.4 Å². The van der Waals surface area contributed by atoms with Crippen LogP contribution < -0.4 is 20.3 Å². The summed E-state index contributed by atoms with van der Waals surface area (Å²) in [6.07, 6.45) is 5.58.